The van der Waals surface area contributed by atoms with E-state index in [1.807, 2.05) is 0 Å². The van der Waals surface area contributed by atoms with Gasteiger partial charge in [-0.15, -0.1) is 0 Å². The highest BCUT2D eigenvalue weighted by molar-refractivity contribution is 7.80. The van der Waals surface area contributed by atoms with Gasteiger partial charge in [0.05, 0.1) is 0 Å². The molecular formula is C13H28O4SSi. The second-order valence-corrected chi connectivity index (χ2v) is 8.28. The van der Waals surface area contributed by atoms with Crippen LogP contribution in [0.1, 0.15) is 45.4 Å². The first-order chi connectivity index (χ1) is 9.03. The molecule has 0 aliphatic rings. The SMILES string of the molecule is CCCCCCC(CC(O)=S)C[Si](OC)(OC)OC. The summed E-state index contributed by atoms with van der Waals surface area (Å²) in [5.41, 5.74) is 0. The van der Waals surface area contributed by atoms with Crippen molar-refractivity contribution in [2.45, 2.75) is 51.5 Å². The third-order valence-electron chi connectivity index (χ3n) is 3.40. The molecule has 0 amide bonds. The number of thiocarbonyl (C=S) groups is 1. The highest BCUT2D eigenvalue weighted by Crippen LogP contribution is 2.26. The molecule has 0 aromatic rings. The van der Waals surface area contributed by atoms with E-state index < -0.39 is 8.80 Å². The van der Waals surface area contributed by atoms with Crippen LogP contribution in [-0.2, 0) is 13.3 Å². The average molecular weight is 309 g/mol. The van der Waals surface area contributed by atoms with Gasteiger partial charge in [-0.25, -0.2) is 0 Å². The van der Waals surface area contributed by atoms with Gasteiger partial charge in [0.25, 0.3) is 0 Å². The Hall–Kier alpha value is -0.0131. The molecule has 1 atom stereocenters. The van der Waals surface area contributed by atoms with E-state index in [0.29, 0.717) is 12.5 Å². The van der Waals surface area contributed by atoms with Gasteiger partial charge < -0.3 is 18.4 Å². The summed E-state index contributed by atoms with van der Waals surface area (Å²) in [6.07, 6.45) is 6.36. The molecule has 6 heteroatoms. The molecule has 4 nitrogen and oxygen atoms in total. The van der Waals surface area contributed by atoms with Gasteiger partial charge in [-0.1, -0.05) is 32.6 Å². The van der Waals surface area contributed by atoms with Gasteiger partial charge in [0, 0.05) is 33.8 Å². The minimum atomic E-state index is -2.59. The Balaban J connectivity index is 4.43. The second kappa shape index (κ2) is 10.7. The molecular weight excluding hydrogens is 280 g/mol. The zero-order valence-electron chi connectivity index (χ0n) is 12.6. The van der Waals surface area contributed by atoms with Crippen LogP contribution in [0, 0.1) is 5.92 Å². The lowest BCUT2D eigenvalue weighted by Crippen LogP contribution is -2.44. The smallest absolute Gasteiger partial charge is 0.500 e. The van der Waals surface area contributed by atoms with E-state index in [9.17, 15) is 5.11 Å². The lowest BCUT2D eigenvalue weighted by Gasteiger charge is -2.28. The van der Waals surface area contributed by atoms with Crippen molar-refractivity contribution in [3.8, 4) is 0 Å². The van der Waals surface area contributed by atoms with Gasteiger partial charge in [-0.3, -0.25) is 0 Å². The van der Waals surface area contributed by atoms with Gasteiger partial charge in [0.2, 0.25) is 0 Å². The molecule has 0 bridgehead atoms. The number of rotatable bonds is 12. The van der Waals surface area contributed by atoms with Gasteiger partial charge in [0.1, 0.15) is 0 Å². The van der Waals surface area contributed by atoms with Crippen molar-refractivity contribution < 1.29 is 18.4 Å². The van der Waals surface area contributed by atoms with Crippen LogP contribution in [0.25, 0.3) is 0 Å². The quantitative estimate of drug-likeness (QED) is 0.338. The molecule has 0 saturated carbocycles. The predicted molar refractivity (Wildman–Crippen MR) is 83.7 cm³/mol. The minimum absolute atomic E-state index is 0.0618. The van der Waals surface area contributed by atoms with Crippen molar-refractivity contribution in [2.24, 2.45) is 5.92 Å². The predicted octanol–water partition coefficient (Wildman–Crippen LogP) is 3.73. The summed E-state index contributed by atoms with van der Waals surface area (Å²) in [5.74, 6) is 0.265. The molecule has 0 aromatic heterocycles. The maximum Gasteiger partial charge on any atom is 0.500 e. The monoisotopic (exact) mass is 308 g/mol. The van der Waals surface area contributed by atoms with E-state index in [4.69, 9.17) is 25.5 Å². The van der Waals surface area contributed by atoms with Crippen LogP contribution in [-0.4, -0.2) is 40.3 Å². The zero-order chi connectivity index (χ0) is 14.7. The third kappa shape index (κ3) is 7.99. The van der Waals surface area contributed by atoms with E-state index in [1.165, 1.54) is 19.3 Å². The van der Waals surface area contributed by atoms with Crippen LogP contribution in [0.15, 0.2) is 0 Å². The van der Waals surface area contributed by atoms with Crippen molar-refractivity contribution in [1.82, 2.24) is 0 Å². The fourth-order valence-electron chi connectivity index (χ4n) is 2.24. The van der Waals surface area contributed by atoms with Crippen LogP contribution in [0.4, 0.5) is 0 Å². The molecule has 19 heavy (non-hydrogen) atoms. The van der Waals surface area contributed by atoms with E-state index >= 15 is 0 Å². The Kier molecular flexibility index (Phi) is 10.7. The van der Waals surface area contributed by atoms with E-state index in [1.54, 1.807) is 21.3 Å². The van der Waals surface area contributed by atoms with Crippen molar-refractivity contribution in [3.05, 3.63) is 0 Å². The molecule has 0 fully saturated rings. The second-order valence-electron chi connectivity index (χ2n) is 4.81. The van der Waals surface area contributed by atoms with Crippen LogP contribution in [0.5, 0.6) is 0 Å². The molecule has 0 spiro atoms. The summed E-state index contributed by atoms with van der Waals surface area (Å²) in [6, 6.07) is 0.698. The molecule has 0 aliphatic heterocycles. The number of unbranched alkanes of at least 4 members (excludes halogenated alkanes) is 3. The Morgan fingerprint density at radius 1 is 1.11 bits per heavy atom. The Labute approximate surface area is 123 Å². The molecule has 1 N–H and O–H groups in total. The molecule has 114 valence electrons. The number of hydrogen-bond donors (Lipinski definition) is 1. The largest absolute Gasteiger partial charge is 0.502 e. The van der Waals surface area contributed by atoms with E-state index in [0.717, 1.165) is 12.8 Å². The molecule has 0 saturated heterocycles. The first-order valence-corrected chi connectivity index (χ1v) is 9.24. The summed E-state index contributed by atoms with van der Waals surface area (Å²) >= 11 is 4.82. The molecule has 0 aromatic carbocycles. The minimum Gasteiger partial charge on any atom is -0.502 e. The van der Waals surface area contributed by atoms with Gasteiger partial charge in [-0.2, -0.15) is 0 Å². The standard InChI is InChI=1S/C13H28O4SSi/c1-5-6-7-8-9-12(10-13(14)18)11-19(15-2,16-3)17-4/h12H,5-11H2,1-4H3,(H,14,18). The van der Waals surface area contributed by atoms with Crippen LogP contribution >= 0.6 is 12.2 Å². The van der Waals surface area contributed by atoms with Crippen molar-refractivity contribution >= 4 is 26.1 Å². The van der Waals surface area contributed by atoms with E-state index in [2.05, 4.69) is 6.92 Å². The van der Waals surface area contributed by atoms with Gasteiger partial charge >= 0.3 is 8.80 Å². The number of aliphatic hydroxyl groups is 1. The van der Waals surface area contributed by atoms with Crippen molar-refractivity contribution in [1.29, 1.82) is 0 Å². The summed E-state index contributed by atoms with van der Waals surface area (Å²) < 4.78 is 16.3. The lowest BCUT2D eigenvalue weighted by atomic mass is 9.99. The van der Waals surface area contributed by atoms with Gasteiger partial charge in [-0.05, 0) is 24.6 Å². The normalized spacial score (nSPS) is 13.5. The molecule has 1 unspecified atom stereocenters. The van der Waals surface area contributed by atoms with Crippen molar-refractivity contribution in [2.75, 3.05) is 21.3 Å². The van der Waals surface area contributed by atoms with Crippen LogP contribution in [0.3, 0.4) is 0 Å². The summed E-state index contributed by atoms with van der Waals surface area (Å²) in [4.78, 5) is 0. The summed E-state index contributed by atoms with van der Waals surface area (Å²) in [5, 5.41) is 9.43. The van der Waals surface area contributed by atoms with Gasteiger partial charge in [0.15, 0.2) is 5.05 Å². The number of aliphatic hydroxyl groups excluding tert-OH is 1. The van der Waals surface area contributed by atoms with Crippen LogP contribution in [0.2, 0.25) is 6.04 Å². The molecule has 0 rings (SSSR count). The summed E-state index contributed by atoms with van der Waals surface area (Å²) in [6.45, 7) is 2.19. The summed E-state index contributed by atoms with van der Waals surface area (Å²) in [7, 11) is 2.26. The first kappa shape index (κ1) is 19.0. The topological polar surface area (TPSA) is 47.9 Å². The average Bonchev–Trinajstić information content (AvgIpc) is 2.40. The highest BCUT2D eigenvalue weighted by atomic mass is 32.1. The molecule has 0 radical (unpaired) electrons. The Morgan fingerprint density at radius 2 is 1.68 bits per heavy atom. The Bertz CT molecular complexity index is 239. The fourth-order valence-corrected chi connectivity index (χ4v) is 4.53. The Morgan fingerprint density at radius 3 is 2.11 bits per heavy atom. The highest BCUT2D eigenvalue weighted by Gasteiger charge is 2.40. The van der Waals surface area contributed by atoms with Crippen LogP contribution < -0.4 is 0 Å². The third-order valence-corrected chi connectivity index (χ3v) is 6.51. The van der Waals surface area contributed by atoms with Crippen molar-refractivity contribution in [3.63, 3.8) is 0 Å². The first-order valence-electron chi connectivity index (χ1n) is 6.90. The molecule has 0 aliphatic carbocycles. The maximum absolute atomic E-state index is 9.36. The lowest BCUT2D eigenvalue weighted by molar-refractivity contribution is 0.117. The molecule has 0 heterocycles. The zero-order valence-corrected chi connectivity index (χ0v) is 14.4. The number of hydrogen-bond acceptors (Lipinski definition) is 4. The maximum atomic E-state index is 9.36. The van der Waals surface area contributed by atoms with E-state index in [-0.39, 0.29) is 11.0 Å². The fraction of sp³-hybridized carbons (Fsp3) is 0.923.